The molecule has 2 N–H and O–H groups in total. The maximum absolute atomic E-state index is 5.96. The van der Waals surface area contributed by atoms with Crippen molar-refractivity contribution in [1.29, 1.82) is 0 Å². The van der Waals surface area contributed by atoms with Crippen molar-refractivity contribution in [2.45, 2.75) is 52.6 Å². The van der Waals surface area contributed by atoms with Crippen molar-refractivity contribution < 1.29 is 0 Å². The Balaban J connectivity index is 2.23. The smallest absolute Gasteiger partial charge is 0.0483 e. The van der Waals surface area contributed by atoms with Crippen LogP contribution in [0.15, 0.2) is 30.5 Å². The molecule has 1 aromatic heterocycles. The van der Waals surface area contributed by atoms with Gasteiger partial charge in [0.05, 0.1) is 0 Å². The molecule has 1 aromatic carbocycles. The predicted octanol–water partition coefficient (Wildman–Crippen LogP) is 3.97. The Labute approximate surface area is 116 Å². The van der Waals surface area contributed by atoms with Gasteiger partial charge >= 0.3 is 0 Å². The zero-order chi connectivity index (χ0) is 13.8. The van der Waals surface area contributed by atoms with Crippen LogP contribution in [0.5, 0.6) is 0 Å². The Bertz CT molecular complexity index is 523. The van der Waals surface area contributed by atoms with Crippen molar-refractivity contribution in [1.82, 2.24) is 4.57 Å². The van der Waals surface area contributed by atoms with Gasteiger partial charge in [0.25, 0.3) is 0 Å². The predicted molar refractivity (Wildman–Crippen MR) is 83.4 cm³/mol. The SMILES string of the molecule is CC(C)CCCn1cc(CC(C)N)c2ccccc21. The van der Waals surface area contributed by atoms with E-state index < -0.39 is 0 Å². The highest BCUT2D eigenvalue weighted by molar-refractivity contribution is 5.84. The van der Waals surface area contributed by atoms with Crippen LogP contribution < -0.4 is 5.73 Å². The fourth-order valence-electron chi connectivity index (χ4n) is 2.69. The first-order chi connectivity index (χ1) is 9.08. The zero-order valence-corrected chi connectivity index (χ0v) is 12.4. The Kier molecular flexibility index (Phi) is 4.65. The number of aromatic nitrogens is 1. The summed E-state index contributed by atoms with van der Waals surface area (Å²) < 4.78 is 2.40. The van der Waals surface area contributed by atoms with Crippen LogP contribution in [0.25, 0.3) is 10.9 Å². The second-order valence-electron chi connectivity index (χ2n) is 6.08. The average molecular weight is 258 g/mol. The van der Waals surface area contributed by atoms with Crippen molar-refractivity contribution in [3.05, 3.63) is 36.0 Å². The molecular weight excluding hydrogens is 232 g/mol. The highest BCUT2D eigenvalue weighted by atomic mass is 15.0. The molecule has 0 spiro atoms. The summed E-state index contributed by atoms with van der Waals surface area (Å²) in [5.41, 5.74) is 8.69. The van der Waals surface area contributed by atoms with Gasteiger partial charge in [-0.2, -0.15) is 0 Å². The molecule has 0 aliphatic heterocycles. The van der Waals surface area contributed by atoms with E-state index in [1.165, 1.54) is 29.3 Å². The average Bonchev–Trinajstić information content (AvgIpc) is 2.67. The molecule has 1 heterocycles. The number of rotatable bonds is 6. The lowest BCUT2D eigenvalue weighted by Crippen LogP contribution is -2.17. The number of nitrogens with zero attached hydrogens (tertiary/aromatic N) is 1. The van der Waals surface area contributed by atoms with Gasteiger partial charge in [-0.05, 0) is 43.7 Å². The molecule has 0 bridgehead atoms. The van der Waals surface area contributed by atoms with E-state index in [0.717, 1.165) is 18.9 Å². The first kappa shape index (κ1) is 14.1. The van der Waals surface area contributed by atoms with Crippen LogP contribution in [0.1, 0.15) is 39.2 Å². The van der Waals surface area contributed by atoms with E-state index in [-0.39, 0.29) is 6.04 Å². The summed E-state index contributed by atoms with van der Waals surface area (Å²) in [6.45, 7) is 7.76. The first-order valence-electron chi connectivity index (χ1n) is 7.40. The van der Waals surface area contributed by atoms with E-state index in [0.29, 0.717) is 0 Å². The summed E-state index contributed by atoms with van der Waals surface area (Å²) in [6.07, 6.45) is 5.79. The van der Waals surface area contributed by atoms with Crippen LogP contribution in [-0.4, -0.2) is 10.6 Å². The third-order valence-electron chi connectivity index (χ3n) is 3.59. The summed E-state index contributed by atoms with van der Waals surface area (Å²) in [6, 6.07) is 8.89. The van der Waals surface area contributed by atoms with Gasteiger partial charge in [0, 0.05) is 29.7 Å². The monoisotopic (exact) mass is 258 g/mol. The molecule has 0 amide bonds. The van der Waals surface area contributed by atoms with Gasteiger partial charge in [-0.1, -0.05) is 32.0 Å². The molecule has 0 aliphatic rings. The molecule has 0 saturated carbocycles. The van der Waals surface area contributed by atoms with E-state index in [1.54, 1.807) is 0 Å². The molecule has 0 fully saturated rings. The number of hydrogen-bond donors (Lipinski definition) is 1. The molecule has 2 aromatic rings. The van der Waals surface area contributed by atoms with Gasteiger partial charge in [0.2, 0.25) is 0 Å². The lowest BCUT2D eigenvalue weighted by molar-refractivity contribution is 0.517. The van der Waals surface area contributed by atoms with E-state index in [2.05, 4.69) is 55.8 Å². The second-order valence-corrected chi connectivity index (χ2v) is 6.08. The molecule has 19 heavy (non-hydrogen) atoms. The largest absolute Gasteiger partial charge is 0.347 e. The normalized spacial score (nSPS) is 13.3. The molecule has 0 radical (unpaired) electrons. The molecule has 1 unspecified atom stereocenters. The maximum atomic E-state index is 5.96. The van der Waals surface area contributed by atoms with Gasteiger partial charge in [-0.25, -0.2) is 0 Å². The first-order valence-corrected chi connectivity index (χ1v) is 7.40. The fourth-order valence-corrected chi connectivity index (χ4v) is 2.69. The summed E-state index contributed by atoms with van der Waals surface area (Å²) in [5.74, 6) is 0.783. The van der Waals surface area contributed by atoms with Gasteiger partial charge < -0.3 is 10.3 Å². The zero-order valence-electron chi connectivity index (χ0n) is 12.4. The Morgan fingerprint density at radius 3 is 2.58 bits per heavy atom. The summed E-state index contributed by atoms with van der Waals surface area (Å²) in [5, 5.41) is 1.37. The summed E-state index contributed by atoms with van der Waals surface area (Å²) >= 11 is 0. The van der Waals surface area contributed by atoms with Crippen LogP contribution in [0.2, 0.25) is 0 Å². The Morgan fingerprint density at radius 2 is 1.89 bits per heavy atom. The quantitative estimate of drug-likeness (QED) is 0.835. The minimum absolute atomic E-state index is 0.218. The van der Waals surface area contributed by atoms with Crippen LogP contribution in [0.4, 0.5) is 0 Å². The van der Waals surface area contributed by atoms with Crippen LogP contribution >= 0.6 is 0 Å². The van der Waals surface area contributed by atoms with Gasteiger partial charge in [0.15, 0.2) is 0 Å². The van der Waals surface area contributed by atoms with E-state index in [4.69, 9.17) is 5.73 Å². The fraction of sp³-hybridized carbons (Fsp3) is 0.529. The van der Waals surface area contributed by atoms with Crippen molar-refractivity contribution in [3.63, 3.8) is 0 Å². The minimum Gasteiger partial charge on any atom is -0.347 e. The van der Waals surface area contributed by atoms with Gasteiger partial charge in [-0.3, -0.25) is 0 Å². The Hall–Kier alpha value is -1.28. The standard InChI is InChI=1S/C17H26N2/c1-13(2)7-6-10-19-12-15(11-14(3)18)16-8-4-5-9-17(16)19/h4-5,8-9,12-14H,6-7,10-11,18H2,1-3H3. The number of para-hydroxylation sites is 1. The van der Waals surface area contributed by atoms with E-state index in [1.807, 2.05) is 0 Å². The molecule has 0 saturated heterocycles. The van der Waals surface area contributed by atoms with Crippen LogP contribution in [0, 0.1) is 5.92 Å². The molecule has 2 heteroatoms. The van der Waals surface area contributed by atoms with Crippen LogP contribution in [0.3, 0.4) is 0 Å². The van der Waals surface area contributed by atoms with E-state index >= 15 is 0 Å². The minimum atomic E-state index is 0.218. The lowest BCUT2D eigenvalue weighted by atomic mass is 10.1. The van der Waals surface area contributed by atoms with Crippen molar-refractivity contribution in [2.24, 2.45) is 11.7 Å². The number of fused-ring (bicyclic) bond motifs is 1. The molecule has 2 rings (SSSR count). The second kappa shape index (κ2) is 6.25. The highest BCUT2D eigenvalue weighted by Crippen LogP contribution is 2.23. The summed E-state index contributed by atoms with van der Waals surface area (Å²) in [4.78, 5) is 0. The van der Waals surface area contributed by atoms with Gasteiger partial charge in [-0.15, -0.1) is 0 Å². The molecule has 2 nitrogen and oxygen atoms in total. The molecule has 1 atom stereocenters. The van der Waals surface area contributed by atoms with Crippen molar-refractivity contribution in [2.75, 3.05) is 0 Å². The lowest BCUT2D eigenvalue weighted by Gasteiger charge is -2.07. The number of nitrogens with two attached hydrogens (primary N) is 1. The van der Waals surface area contributed by atoms with Crippen molar-refractivity contribution in [3.8, 4) is 0 Å². The molecule has 0 aliphatic carbocycles. The third-order valence-corrected chi connectivity index (χ3v) is 3.59. The third kappa shape index (κ3) is 3.60. The maximum Gasteiger partial charge on any atom is 0.0483 e. The Morgan fingerprint density at radius 1 is 1.16 bits per heavy atom. The topological polar surface area (TPSA) is 30.9 Å². The highest BCUT2D eigenvalue weighted by Gasteiger charge is 2.09. The van der Waals surface area contributed by atoms with Crippen LogP contribution in [-0.2, 0) is 13.0 Å². The molecule has 104 valence electrons. The van der Waals surface area contributed by atoms with Gasteiger partial charge in [0.1, 0.15) is 0 Å². The summed E-state index contributed by atoms with van der Waals surface area (Å²) in [7, 11) is 0. The van der Waals surface area contributed by atoms with E-state index in [9.17, 15) is 0 Å². The molecular formula is C17H26N2. The number of hydrogen-bond acceptors (Lipinski definition) is 1. The number of benzene rings is 1. The van der Waals surface area contributed by atoms with Crippen molar-refractivity contribution >= 4 is 10.9 Å². The number of aryl methyl sites for hydroxylation is 1.